The summed E-state index contributed by atoms with van der Waals surface area (Å²) >= 11 is 0. The molecule has 1 saturated heterocycles. The topological polar surface area (TPSA) is 63.1 Å². The Kier molecular flexibility index (Phi) is 4.33. The first-order valence-corrected chi connectivity index (χ1v) is 8.65. The molecule has 1 fully saturated rings. The molecule has 0 aliphatic carbocycles. The van der Waals surface area contributed by atoms with Crippen LogP contribution >= 0.6 is 0 Å². The summed E-state index contributed by atoms with van der Waals surface area (Å²) in [5.74, 6) is 0.977. The molecular weight excluding hydrogens is 314 g/mol. The van der Waals surface area contributed by atoms with E-state index in [-0.39, 0.29) is 5.91 Å². The number of anilines is 1. The molecule has 1 aliphatic heterocycles. The van der Waals surface area contributed by atoms with E-state index < -0.39 is 0 Å². The van der Waals surface area contributed by atoms with Gasteiger partial charge in [0, 0.05) is 37.0 Å². The second-order valence-corrected chi connectivity index (χ2v) is 6.41. The molecule has 6 heteroatoms. The minimum Gasteiger partial charge on any atom is -0.366 e. The van der Waals surface area contributed by atoms with Crippen molar-refractivity contribution in [1.82, 2.24) is 19.7 Å². The Hall–Kier alpha value is -2.89. The monoisotopic (exact) mass is 335 g/mol. The summed E-state index contributed by atoms with van der Waals surface area (Å²) in [6, 6.07) is 14.3. The van der Waals surface area contributed by atoms with Crippen molar-refractivity contribution in [2.24, 2.45) is 0 Å². The van der Waals surface area contributed by atoms with Crippen LogP contribution < -0.4 is 5.32 Å². The third-order valence-electron chi connectivity index (χ3n) is 4.76. The van der Waals surface area contributed by atoms with Crippen molar-refractivity contribution in [1.29, 1.82) is 0 Å². The highest BCUT2D eigenvalue weighted by Crippen LogP contribution is 2.18. The van der Waals surface area contributed by atoms with Gasteiger partial charge in [-0.2, -0.15) is 5.10 Å². The minimum atomic E-state index is 0.180. The number of benzene rings is 1. The predicted octanol–water partition coefficient (Wildman–Crippen LogP) is 2.53. The third kappa shape index (κ3) is 3.47. The standard InChI is InChI=1S/C19H21N5O/c25-19(14-24-11-7-15-4-1-2-5-17(15)24)23-12-8-16(9-13-23)21-18-6-3-10-20-22-18/h1-7,10-11,16H,8-9,12-14H2,(H,21,22). The van der Waals surface area contributed by atoms with Crippen LogP contribution in [0.5, 0.6) is 0 Å². The van der Waals surface area contributed by atoms with Crippen LogP contribution in [-0.2, 0) is 11.3 Å². The van der Waals surface area contributed by atoms with Gasteiger partial charge in [0.05, 0.1) is 0 Å². The number of fused-ring (bicyclic) bond motifs is 1. The number of carbonyl (C=O) groups is 1. The summed E-state index contributed by atoms with van der Waals surface area (Å²) in [6.45, 7) is 1.95. The molecule has 128 valence electrons. The average molecular weight is 335 g/mol. The van der Waals surface area contributed by atoms with E-state index in [1.807, 2.05) is 39.9 Å². The first-order chi connectivity index (χ1) is 12.3. The van der Waals surface area contributed by atoms with Crippen molar-refractivity contribution in [2.45, 2.75) is 25.4 Å². The number of likely N-dealkylation sites (tertiary alicyclic amines) is 1. The Bertz CT molecular complexity index is 852. The number of hydrogen-bond donors (Lipinski definition) is 1. The smallest absolute Gasteiger partial charge is 0.242 e. The Morgan fingerprint density at radius 3 is 2.76 bits per heavy atom. The van der Waals surface area contributed by atoms with Gasteiger partial charge in [0.2, 0.25) is 5.91 Å². The van der Waals surface area contributed by atoms with Gasteiger partial charge in [-0.25, -0.2) is 0 Å². The van der Waals surface area contributed by atoms with Crippen LogP contribution in [0.2, 0.25) is 0 Å². The fourth-order valence-electron chi connectivity index (χ4n) is 3.39. The quantitative estimate of drug-likeness (QED) is 0.796. The molecule has 6 nitrogen and oxygen atoms in total. The first-order valence-electron chi connectivity index (χ1n) is 8.65. The van der Waals surface area contributed by atoms with E-state index in [9.17, 15) is 4.79 Å². The number of aromatic nitrogens is 3. The highest BCUT2D eigenvalue weighted by Gasteiger charge is 2.23. The average Bonchev–Trinajstić information content (AvgIpc) is 3.06. The first kappa shape index (κ1) is 15.6. The Morgan fingerprint density at radius 2 is 1.96 bits per heavy atom. The third-order valence-corrected chi connectivity index (χ3v) is 4.76. The number of para-hydroxylation sites is 1. The number of hydrogen-bond acceptors (Lipinski definition) is 4. The van der Waals surface area contributed by atoms with Gasteiger partial charge in [-0.1, -0.05) is 18.2 Å². The normalized spacial score (nSPS) is 15.4. The SMILES string of the molecule is O=C(Cn1ccc2ccccc21)N1CCC(Nc2cccnn2)CC1. The second-order valence-electron chi connectivity index (χ2n) is 6.41. The molecule has 1 amide bonds. The Balaban J connectivity index is 1.33. The number of rotatable bonds is 4. The summed E-state index contributed by atoms with van der Waals surface area (Å²) < 4.78 is 2.03. The van der Waals surface area contributed by atoms with Crippen LogP contribution in [0, 0.1) is 0 Å². The van der Waals surface area contributed by atoms with E-state index in [1.165, 1.54) is 5.39 Å². The maximum absolute atomic E-state index is 12.6. The molecule has 0 unspecified atom stereocenters. The fraction of sp³-hybridized carbons (Fsp3) is 0.316. The van der Waals surface area contributed by atoms with Crippen molar-refractivity contribution in [3.05, 3.63) is 54.9 Å². The van der Waals surface area contributed by atoms with Gasteiger partial charge in [0.25, 0.3) is 0 Å². The predicted molar refractivity (Wildman–Crippen MR) is 97.2 cm³/mol. The molecule has 1 aromatic carbocycles. The minimum absolute atomic E-state index is 0.180. The molecule has 0 bridgehead atoms. The van der Waals surface area contributed by atoms with Crippen molar-refractivity contribution in [3.8, 4) is 0 Å². The molecule has 25 heavy (non-hydrogen) atoms. The fourth-order valence-corrected chi connectivity index (χ4v) is 3.39. The number of amides is 1. The van der Waals surface area contributed by atoms with Crippen molar-refractivity contribution in [2.75, 3.05) is 18.4 Å². The molecule has 4 rings (SSSR count). The van der Waals surface area contributed by atoms with Gasteiger partial charge in [0.15, 0.2) is 0 Å². The molecule has 0 spiro atoms. The lowest BCUT2D eigenvalue weighted by Gasteiger charge is -2.32. The summed E-state index contributed by atoms with van der Waals surface area (Å²) in [4.78, 5) is 14.6. The van der Waals surface area contributed by atoms with Gasteiger partial charge in [-0.05, 0) is 42.5 Å². The lowest BCUT2D eigenvalue weighted by molar-refractivity contribution is -0.132. The van der Waals surface area contributed by atoms with Gasteiger partial charge in [0.1, 0.15) is 12.4 Å². The lowest BCUT2D eigenvalue weighted by atomic mass is 10.0. The van der Waals surface area contributed by atoms with E-state index in [4.69, 9.17) is 0 Å². The van der Waals surface area contributed by atoms with Gasteiger partial charge >= 0.3 is 0 Å². The summed E-state index contributed by atoms with van der Waals surface area (Å²) in [5.41, 5.74) is 1.11. The molecule has 0 radical (unpaired) electrons. The highest BCUT2D eigenvalue weighted by molar-refractivity contribution is 5.83. The zero-order valence-electron chi connectivity index (χ0n) is 14.0. The van der Waals surface area contributed by atoms with Crippen LogP contribution in [-0.4, -0.2) is 44.7 Å². The maximum Gasteiger partial charge on any atom is 0.242 e. The van der Waals surface area contributed by atoms with E-state index in [0.717, 1.165) is 37.3 Å². The molecule has 2 aromatic heterocycles. The Morgan fingerprint density at radius 1 is 1.12 bits per heavy atom. The zero-order chi connectivity index (χ0) is 17.1. The Labute approximate surface area is 146 Å². The highest BCUT2D eigenvalue weighted by atomic mass is 16.2. The number of piperidine rings is 1. The van der Waals surface area contributed by atoms with Crippen LogP contribution in [0.1, 0.15) is 12.8 Å². The molecule has 3 aromatic rings. The molecule has 1 aliphatic rings. The van der Waals surface area contributed by atoms with Crippen molar-refractivity contribution < 1.29 is 4.79 Å². The van der Waals surface area contributed by atoms with Crippen molar-refractivity contribution >= 4 is 22.6 Å². The molecule has 3 heterocycles. The van der Waals surface area contributed by atoms with E-state index in [0.29, 0.717) is 12.6 Å². The van der Waals surface area contributed by atoms with E-state index >= 15 is 0 Å². The van der Waals surface area contributed by atoms with Crippen LogP contribution in [0.4, 0.5) is 5.82 Å². The molecule has 0 atom stereocenters. The number of carbonyl (C=O) groups excluding carboxylic acids is 1. The van der Waals surface area contributed by atoms with E-state index in [2.05, 4.69) is 33.7 Å². The number of nitrogens with one attached hydrogen (secondary N) is 1. The maximum atomic E-state index is 12.6. The van der Waals surface area contributed by atoms with Crippen molar-refractivity contribution in [3.63, 3.8) is 0 Å². The van der Waals surface area contributed by atoms with Gasteiger partial charge in [-0.3, -0.25) is 4.79 Å². The molecule has 1 N–H and O–H groups in total. The van der Waals surface area contributed by atoms with Crippen LogP contribution in [0.25, 0.3) is 10.9 Å². The largest absolute Gasteiger partial charge is 0.366 e. The summed E-state index contributed by atoms with van der Waals surface area (Å²) in [6.07, 6.45) is 5.51. The molecule has 0 saturated carbocycles. The van der Waals surface area contributed by atoms with Gasteiger partial charge in [-0.15, -0.1) is 5.10 Å². The summed E-state index contributed by atoms with van der Waals surface area (Å²) in [5, 5.41) is 12.5. The summed E-state index contributed by atoms with van der Waals surface area (Å²) in [7, 11) is 0. The zero-order valence-corrected chi connectivity index (χ0v) is 14.0. The van der Waals surface area contributed by atoms with Crippen LogP contribution in [0.3, 0.4) is 0 Å². The lowest BCUT2D eigenvalue weighted by Crippen LogP contribution is -2.43. The number of nitrogens with zero attached hydrogens (tertiary/aromatic N) is 4. The van der Waals surface area contributed by atoms with Gasteiger partial charge < -0.3 is 14.8 Å². The second kappa shape index (κ2) is 6.93. The van der Waals surface area contributed by atoms with Crippen LogP contribution in [0.15, 0.2) is 54.9 Å². The van der Waals surface area contributed by atoms with E-state index in [1.54, 1.807) is 6.20 Å². The molecular formula is C19H21N5O.